The normalized spacial score (nSPS) is 14.8. The molecule has 1 aromatic heterocycles. The van der Waals surface area contributed by atoms with Crippen molar-refractivity contribution in [3.05, 3.63) is 40.7 Å². The lowest BCUT2D eigenvalue weighted by Gasteiger charge is -2.02. The van der Waals surface area contributed by atoms with Crippen LogP contribution in [0.2, 0.25) is 0 Å². The van der Waals surface area contributed by atoms with E-state index in [0.29, 0.717) is 6.04 Å². The van der Waals surface area contributed by atoms with Gasteiger partial charge in [0.05, 0.1) is 0 Å². The highest BCUT2D eigenvalue weighted by molar-refractivity contribution is 7.09. The zero-order valence-corrected chi connectivity index (χ0v) is 11.5. The summed E-state index contributed by atoms with van der Waals surface area (Å²) in [7, 11) is 0. The molecule has 1 aliphatic rings. The van der Waals surface area contributed by atoms with Crippen molar-refractivity contribution in [3.8, 4) is 0 Å². The number of nitrogens with one attached hydrogen (secondary N) is 1. The Kier molecular flexibility index (Phi) is 3.04. The number of hydrogen-bond acceptors (Lipinski definition) is 4. The summed E-state index contributed by atoms with van der Waals surface area (Å²) in [4.78, 5) is 4.53. The first-order valence-corrected chi connectivity index (χ1v) is 7.13. The molecule has 2 aromatic rings. The van der Waals surface area contributed by atoms with Crippen molar-refractivity contribution >= 4 is 16.7 Å². The summed E-state index contributed by atoms with van der Waals surface area (Å²) in [5.41, 5.74) is 3.95. The van der Waals surface area contributed by atoms with Crippen molar-refractivity contribution in [1.82, 2.24) is 9.36 Å². The van der Waals surface area contributed by atoms with Crippen molar-refractivity contribution in [2.45, 2.75) is 39.2 Å². The van der Waals surface area contributed by atoms with Gasteiger partial charge in [-0.05, 0) is 43.4 Å². The van der Waals surface area contributed by atoms with Crippen LogP contribution in [0, 0.1) is 13.8 Å². The molecule has 0 spiro atoms. The molecule has 1 aliphatic carbocycles. The third kappa shape index (κ3) is 2.70. The van der Waals surface area contributed by atoms with Crippen LogP contribution in [0.25, 0.3) is 0 Å². The number of aromatic nitrogens is 2. The molecular weight excluding hydrogens is 242 g/mol. The van der Waals surface area contributed by atoms with Crippen LogP contribution in [0.5, 0.6) is 0 Å². The highest BCUT2D eigenvalue weighted by Gasteiger charge is 2.22. The fraction of sp³-hybridized carbons (Fsp3) is 0.429. The van der Waals surface area contributed by atoms with Crippen LogP contribution in [0.3, 0.4) is 0 Å². The van der Waals surface area contributed by atoms with Gasteiger partial charge in [0.15, 0.2) is 0 Å². The lowest BCUT2D eigenvalue weighted by molar-refractivity contribution is 1.02. The third-order valence-corrected chi connectivity index (χ3v) is 3.99. The quantitative estimate of drug-likeness (QED) is 0.915. The van der Waals surface area contributed by atoms with Gasteiger partial charge in [0.25, 0.3) is 0 Å². The molecule has 0 saturated heterocycles. The number of rotatable bonds is 4. The van der Waals surface area contributed by atoms with Crippen molar-refractivity contribution in [2.24, 2.45) is 0 Å². The standard InChI is InChI=1S/C14H17N3S/c1-9-3-4-11(7-10(9)2)8-13-16-14(18-17-13)15-12-5-6-12/h3-4,7,12H,5-6,8H2,1-2H3,(H,15,16,17). The molecule has 4 heteroatoms. The van der Waals surface area contributed by atoms with E-state index in [1.165, 1.54) is 41.1 Å². The molecule has 0 bridgehead atoms. The number of benzene rings is 1. The summed E-state index contributed by atoms with van der Waals surface area (Å²) in [5.74, 6) is 0.923. The average molecular weight is 259 g/mol. The van der Waals surface area contributed by atoms with E-state index >= 15 is 0 Å². The number of anilines is 1. The predicted octanol–water partition coefficient (Wildman–Crippen LogP) is 3.32. The summed E-state index contributed by atoms with van der Waals surface area (Å²) in [6.45, 7) is 4.28. The molecule has 1 aromatic carbocycles. The Morgan fingerprint density at radius 2 is 2.11 bits per heavy atom. The minimum absolute atomic E-state index is 0.646. The van der Waals surface area contributed by atoms with Gasteiger partial charge >= 0.3 is 0 Å². The van der Waals surface area contributed by atoms with E-state index in [1.54, 1.807) is 0 Å². The van der Waals surface area contributed by atoms with Crippen LogP contribution in [-0.2, 0) is 6.42 Å². The largest absolute Gasteiger partial charge is 0.358 e. The topological polar surface area (TPSA) is 37.8 Å². The second-order valence-corrected chi connectivity index (χ2v) is 5.78. The highest BCUT2D eigenvalue weighted by Crippen LogP contribution is 2.25. The maximum absolute atomic E-state index is 4.53. The molecule has 1 N–H and O–H groups in total. The zero-order valence-electron chi connectivity index (χ0n) is 10.7. The first-order valence-electron chi connectivity index (χ1n) is 6.36. The Balaban J connectivity index is 1.70. The molecule has 0 atom stereocenters. The fourth-order valence-corrected chi connectivity index (χ4v) is 2.55. The molecule has 3 rings (SSSR count). The number of aryl methyl sites for hydroxylation is 2. The molecule has 0 amide bonds. The van der Waals surface area contributed by atoms with Gasteiger partial charge in [0.2, 0.25) is 5.13 Å². The highest BCUT2D eigenvalue weighted by atomic mass is 32.1. The molecule has 0 aliphatic heterocycles. The van der Waals surface area contributed by atoms with E-state index in [2.05, 4.69) is 46.7 Å². The van der Waals surface area contributed by atoms with Crippen molar-refractivity contribution in [1.29, 1.82) is 0 Å². The van der Waals surface area contributed by atoms with E-state index in [0.717, 1.165) is 17.4 Å². The van der Waals surface area contributed by atoms with Gasteiger partial charge in [0.1, 0.15) is 5.82 Å². The Hall–Kier alpha value is -1.42. The minimum atomic E-state index is 0.646. The van der Waals surface area contributed by atoms with Gasteiger partial charge in [-0.25, -0.2) is 4.98 Å². The van der Waals surface area contributed by atoms with Crippen LogP contribution in [0.4, 0.5) is 5.13 Å². The van der Waals surface area contributed by atoms with Crippen LogP contribution >= 0.6 is 11.5 Å². The van der Waals surface area contributed by atoms with Crippen molar-refractivity contribution in [3.63, 3.8) is 0 Å². The van der Waals surface area contributed by atoms with E-state index in [4.69, 9.17) is 0 Å². The van der Waals surface area contributed by atoms with Crippen molar-refractivity contribution in [2.75, 3.05) is 5.32 Å². The second-order valence-electron chi connectivity index (χ2n) is 5.03. The Morgan fingerprint density at radius 3 is 2.83 bits per heavy atom. The monoisotopic (exact) mass is 259 g/mol. The number of nitrogens with zero attached hydrogens (tertiary/aromatic N) is 2. The lowest BCUT2D eigenvalue weighted by atomic mass is 10.0. The summed E-state index contributed by atoms with van der Waals surface area (Å²) < 4.78 is 4.41. The van der Waals surface area contributed by atoms with Gasteiger partial charge in [-0.15, -0.1) is 0 Å². The minimum Gasteiger partial charge on any atom is -0.358 e. The smallest absolute Gasteiger partial charge is 0.202 e. The first-order chi connectivity index (χ1) is 8.70. The lowest BCUT2D eigenvalue weighted by Crippen LogP contribution is -2.00. The molecule has 1 heterocycles. The summed E-state index contributed by atoms with van der Waals surface area (Å²) in [5, 5.41) is 4.36. The number of hydrogen-bond donors (Lipinski definition) is 1. The SMILES string of the molecule is Cc1ccc(Cc2nsc(NC3CC3)n2)cc1C. The molecule has 1 saturated carbocycles. The Morgan fingerprint density at radius 1 is 1.28 bits per heavy atom. The second kappa shape index (κ2) is 4.69. The summed E-state index contributed by atoms with van der Waals surface area (Å²) >= 11 is 1.47. The van der Waals surface area contributed by atoms with E-state index in [-0.39, 0.29) is 0 Å². The molecule has 0 unspecified atom stereocenters. The van der Waals surface area contributed by atoms with E-state index in [1.807, 2.05) is 0 Å². The molecule has 3 nitrogen and oxygen atoms in total. The van der Waals surface area contributed by atoms with Gasteiger partial charge in [-0.1, -0.05) is 18.2 Å². The summed E-state index contributed by atoms with van der Waals surface area (Å²) in [6, 6.07) is 7.20. The molecular formula is C14H17N3S. The van der Waals surface area contributed by atoms with Crippen LogP contribution in [0.1, 0.15) is 35.4 Å². The fourth-order valence-electron chi connectivity index (χ4n) is 1.88. The van der Waals surface area contributed by atoms with Gasteiger partial charge in [-0.2, -0.15) is 4.37 Å². The first kappa shape index (κ1) is 11.7. The van der Waals surface area contributed by atoms with Gasteiger partial charge < -0.3 is 5.32 Å². The third-order valence-electron chi connectivity index (χ3n) is 3.31. The predicted molar refractivity (Wildman–Crippen MR) is 75.3 cm³/mol. The van der Waals surface area contributed by atoms with Gasteiger partial charge in [0, 0.05) is 24.0 Å². The summed E-state index contributed by atoms with van der Waals surface area (Å²) in [6.07, 6.45) is 3.36. The molecule has 94 valence electrons. The van der Waals surface area contributed by atoms with Crippen molar-refractivity contribution < 1.29 is 0 Å². The maximum atomic E-state index is 4.53. The van der Waals surface area contributed by atoms with Crippen LogP contribution in [0.15, 0.2) is 18.2 Å². The Labute approximate surface area is 111 Å². The van der Waals surface area contributed by atoms with Crippen LogP contribution in [-0.4, -0.2) is 15.4 Å². The molecule has 0 radical (unpaired) electrons. The average Bonchev–Trinajstić information content (AvgIpc) is 3.04. The zero-order chi connectivity index (χ0) is 12.5. The van der Waals surface area contributed by atoms with E-state index < -0.39 is 0 Å². The van der Waals surface area contributed by atoms with Crippen LogP contribution < -0.4 is 5.32 Å². The molecule has 18 heavy (non-hydrogen) atoms. The van der Waals surface area contributed by atoms with E-state index in [9.17, 15) is 0 Å². The maximum Gasteiger partial charge on any atom is 0.202 e. The Bertz CT molecular complexity index is 558. The molecule has 1 fully saturated rings. The van der Waals surface area contributed by atoms with Gasteiger partial charge in [-0.3, -0.25) is 0 Å².